The minimum Gasteiger partial charge on any atom is -0.340 e. The van der Waals surface area contributed by atoms with Crippen LogP contribution in [0.5, 0.6) is 0 Å². The summed E-state index contributed by atoms with van der Waals surface area (Å²) in [6.07, 6.45) is 5.70. The third-order valence-corrected chi connectivity index (χ3v) is 7.08. The number of amides is 1. The number of nitrogens with zero attached hydrogens (tertiary/aromatic N) is 3. The summed E-state index contributed by atoms with van der Waals surface area (Å²) in [4.78, 5) is 20.3. The number of hydrogen-bond acceptors (Lipinski definition) is 3. The van der Waals surface area contributed by atoms with E-state index in [1.165, 1.54) is 36.9 Å². The molecule has 2 aliphatic heterocycles. The average molecular weight is 370 g/mol. The molecule has 148 valence electrons. The van der Waals surface area contributed by atoms with Crippen LogP contribution in [0.25, 0.3) is 0 Å². The second kappa shape index (κ2) is 8.32. The van der Waals surface area contributed by atoms with Crippen LogP contribution in [0.2, 0.25) is 0 Å². The number of hydrogen-bond donors (Lipinski definition) is 0. The summed E-state index contributed by atoms with van der Waals surface area (Å²) in [5.41, 5.74) is 3.03. The quantitative estimate of drug-likeness (QED) is 0.819. The van der Waals surface area contributed by atoms with Crippen molar-refractivity contribution in [3.63, 3.8) is 0 Å². The summed E-state index contributed by atoms with van der Waals surface area (Å²) in [6, 6.07) is 10.1. The van der Waals surface area contributed by atoms with Gasteiger partial charge in [0.15, 0.2) is 0 Å². The molecular weight excluding hydrogens is 334 g/mol. The molecule has 0 spiro atoms. The highest BCUT2D eigenvalue weighted by molar-refractivity contribution is 5.79. The molecular formula is C23H35N3O. The molecule has 1 saturated heterocycles. The van der Waals surface area contributed by atoms with Gasteiger partial charge < -0.3 is 4.90 Å². The molecule has 4 rings (SSSR count). The molecule has 2 heterocycles. The molecule has 1 aliphatic carbocycles. The van der Waals surface area contributed by atoms with Gasteiger partial charge in [0.1, 0.15) is 0 Å². The number of rotatable bonds is 3. The van der Waals surface area contributed by atoms with Crippen molar-refractivity contribution >= 4 is 5.91 Å². The van der Waals surface area contributed by atoms with Crippen LogP contribution in [0.15, 0.2) is 24.3 Å². The lowest BCUT2D eigenvalue weighted by Gasteiger charge is -2.41. The van der Waals surface area contributed by atoms with E-state index in [-0.39, 0.29) is 5.92 Å². The molecule has 0 aromatic heterocycles. The second-order valence-electron chi connectivity index (χ2n) is 8.95. The molecule has 1 amide bonds. The van der Waals surface area contributed by atoms with E-state index < -0.39 is 0 Å². The van der Waals surface area contributed by atoms with Crippen molar-refractivity contribution in [3.8, 4) is 0 Å². The Bertz CT molecular complexity index is 643. The van der Waals surface area contributed by atoms with Crippen molar-refractivity contribution in [3.05, 3.63) is 35.4 Å². The van der Waals surface area contributed by atoms with Gasteiger partial charge in [-0.1, -0.05) is 24.3 Å². The summed E-state index contributed by atoms with van der Waals surface area (Å²) < 4.78 is 0. The van der Waals surface area contributed by atoms with E-state index in [1.54, 1.807) is 0 Å². The zero-order valence-corrected chi connectivity index (χ0v) is 17.1. The number of benzene rings is 1. The van der Waals surface area contributed by atoms with E-state index in [0.717, 1.165) is 45.6 Å². The van der Waals surface area contributed by atoms with E-state index in [4.69, 9.17) is 0 Å². The van der Waals surface area contributed by atoms with E-state index in [9.17, 15) is 4.79 Å². The summed E-state index contributed by atoms with van der Waals surface area (Å²) in [5, 5.41) is 0. The Labute approximate surface area is 164 Å². The fourth-order valence-corrected chi connectivity index (χ4v) is 5.23. The first-order valence-corrected chi connectivity index (χ1v) is 11.0. The zero-order chi connectivity index (χ0) is 18.8. The first kappa shape index (κ1) is 18.9. The summed E-state index contributed by atoms with van der Waals surface area (Å²) in [5.74, 6) is 0.699. The van der Waals surface area contributed by atoms with Crippen molar-refractivity contribution in [2.45, 2.75) is 64.6 Å². The van der Waals surface area contributed by atoms with Gasteiger partial charge in [-0.15, -0.1) is 0 Å². The molecule has 1 saturated carbocycles. The largest absolute Gasteiger partial charge is 0.340 e. The van der Waals surface area contributed by atoms with Crippen LogP contribution in [0.4, 0.5) is 0 Å². The molecule has 1 aromatic rings. The molecule has 0 N–H and O–H groups in total. The SMILES string of the molecule is CC(C)N1CCN(C(=O)C2CCC(N3CCc4ccccc4C3)CC2)CC1. The fraction of sp³-hybridized carbons (Fsp3) is 0.696. The Morgan fingerprint density at radius 1 is 0.926 bits per heavy atom. The minimum absolute atomic E-state index is 0.268. The van der Waals surface area contributed by atoms with Gasteiger partial charge in [-0.25, -0.2) is 0 Å². The van der Waals surface area contributed by atoms with Crippen molar-refractivity contribution in [1.29, 1.82) is 0 Å². The molecule has 3 aliphatic rings. The Balaban J connectivity index is 1.26. The second-order valence-corrected chi connectivity index (χ2v) is 8.95. The van der Waals surface area contributed by atoms with Gasteiger partial charge in [0.25, 0.3) is 0 Å². The normalized spacial score (nSPS) is 27.6. The van der Waals surface area contributed by atoms with Gasteiger partial charge in [-0.3, -0.25) is 14.6 Å². The monoisotopic (exact) mass is 369 g/mol. The van der Waals surface area contributed by atoms with E-state index >= 15 is 0 Å². The van der Waals surface area contributed by atoms with Crippen LogP contribution < -0.4 is 0 Å². The van der Waals surface area contributed by atoms with Crippen molar-refractivity contribution < 1.29 is 4.79 Å². The standard InChI is InChI=1S/C23H35N3O/c1-18(2)24-13-15-25(16-14-24)23(27)20-7-9-22(10-8-20)26-12-11-19-5-3-4-6-21(19)17-26/h3-6,18,20,22H,7-17H2,1-2H3. The number of piperazine rings is 1. The Morgan fingerprint density at radius 3 is 2.26 bits per heavy atom. The molecule has 0 unspecified atom stereocenters. The molecule has 0 atom stereocenters. The molecule has 4 nitrogen and oxygen atoms in total. The Hall–Kier alpha value is -1.39. The van der Waals surface area contributed by atoms with E-state index in [1.807, 2.05) is 0 Å². The van der Waals surface area contributed by atoms with Gasteiger partial charge in [0, 0.05) is 57.3 Å². The summed E-state index contributed by atoms with van der Waals surface area (Å²) >= 11 is 0. The summed E-state index contributed by atoms with van der Waals surface area (Å²) in [6.45, 7) is 10.7. The highest BCUT2D eigenvalue weighted by Gasteiger charge is 2.33. The average Bonchev–Trinajstić information content (AvgIpc) is 2.73. The lowest BCUT2D eigenvalue weighted by atomic mass is 9.83. The zero-order valence-electron chi connectivity index (χ0n) is 17.1. The maximum absolute atomic E-state index is 13.0. The van der Waals surface area contributed by atoms with Crippen LogP contribution in [-0.2, 0) is 17.8 Å². The highest BCUT2D eigenvalue weighted by Crippen LogP contribution is 2.32. The number of carbonyl (C=O) groups is 1. The van der Waals surface area contributed by atoms with E-state index in [2.05, 4.69) is 52.8 Å². The van der Waals surface area contributed by atoms with Crippen molar-refractivity contribution in [2.24, 2.45) is 5.92 Å². The highest BCUT2D eigenvalue weighted by atomic mass is 16.2. The Morgan fingerprint density at radius 2 is 1.59 bits per heavy atom. The molecule has 0 radical (unpaired) electrons. The topological polar surface area (TPSA) is 26.8 Å². The van der Waals surface area contributed by atoms with Gasteiger partial charge in [-0.2, -0.15) is 0 Å². The fourth-order valence-electron chi connectivity index (χ4n) is 5.23. The minimum atomic E-state index is 0.268. The first-order valence-electron chi connectivity index (χ1n) is 11.0. The molecule has 1 aromatic carbocycles. The Kier molecular flexibility index (Phi) is 5.84. The molecule has 4 heteroatoms. The third kappa shape index (κ3) is 4.22. The molecule has 2 fully saturated rings. The van der Waals surface area contributed by atoms with Crippen molar-refractivity contribution in [1.82, 2.24) is 14.7 Å². The maximum Gasteiger partial charge on any atom is 0.225 e. The number of carbonyl (C=O) groups excluding carboxylic acids is 1. The lowest BCUT2D eigenvalue weighted by Crippen LogP contribution is -2.52. The predicted molar refractivity (Wildman–Crippen MR) is 110 cm³/mol. The molecule has 0 bridgehead atoms. The number of fused-ring (bicyclic) bond motifs is 1. The van der Waals surface area contributed by atoms with E-state index in [0.29, 0.717) is 18.0 Å². The van der Waals surface area contributed by atoms with Crippen LogP contribution >= 0.6 is 0 Å². The van der Waals surface area contributed by atoms with Crippen molar-refractivity contribution in [2.75, 3.05) is 32.7 Å². The van der Waals surface area contributed by atoms with Gasteiger partial charge >= 0.3 is 0 Å². The van der Waals surface area contributed by atoms with Crippen LogP contribution in [0, 0.1) is 5.92 Å². The van der Waals surface area contributed by atoms with Crippen LogP contribution in [-0.4, -0.2) is 65.4 Å². The van der Waals surface area contributed by atoms with Gasteiger partial charge in [-0.05, 0) is 57.1 Å². The maximum atomic E-state index is 13.0. The summed E-state index contributed by atoms with van der Waals surface area (Å²) in [7, 11) is 0. The third-order valence-electron chi connectivity index (χ3n) is 7.08. The van der Waals surface area contributed by atoms with Gasteiger partial charge in [0.05, 0.1) is 0 Å². The smallest absolute Gasteiger partial charge is 0.225 e. The first-order chi connectivity index (χ1) is 13.1. The van der Waals surface area contributed by atoms with Crippen LogP contribution in [0.1, 0.15) is 50.7 Å². The lowest BCUT2D eigenvalue weighted by molar-refractivity contribution is -0.139. The van der Waals surface area contributed by atoms with Gasteiger partial charge in [0.2, 0.25) is 5.91 Å². The van der Waals surface area contributed by atoms with Crippen LogP contribution in [0.3, 0.4) is 0 Å². The molecule has 27 heavy (non-hydrogen) atoms. The predicted octanol–water partition coefficient (Wildman–Crippen LogP) is 3.16.